The number of aliphatic carboxylic acids is 1. The molecule has 1 aliphatic rings. The SMILES string of the molecule is O=C(O)CCCCC(=O)NC1CCCOc2c(F)cccc21. The Morgan fingerprint density at radius 1 is 1.32 bits per heavy atom. The Morgan fingerprint density at radius 2 is 2.09 bits per heavy atom. The van der Waals surface area contributed by atoms with Crippen LogP contribution in [0.3, 0.4) is 0 Å². The van der Waals surface area contributed by atoms with Crippen molar-refractivity contribution in [1.29, 1.82) is 0 Å². The number of amides is 1. The molecule has 0 saturated carbocycles. The highest BCUT2D eigenvalue weighted by Gasteiger charge is 2.23. The zero-order valence-corrected chi connectivity index (χ0v) is 12.3. The summed E-state index contributed by atoms with van der Waals surface area (Å²) in [6.07, 6.45) is 2.77. The summed E-state index contributed by atoms with van der Waals surface area (Å²) in [6.45, 7) is 0.429. The molecule has 1 atom stereocenters. The predicted molar refractivity (Wildman–Crippen MR) is 78.1 cm³/mol. The Bertz CT molecular complexity index is 547. The number of unbranched alkanes of at least 4 members (excludes halogenated alkanes) is 1. The molecule has 1 unspecified atom stereocenters. The highest BCUT2D eigenvalue weighted by molar-refractivity contribution is 5.76. The molecule has 0 bridgehead atoms. The van der Waals surface area contributed by atoms with Gasteiger partial charge in [-0.3, -0.25) is 9.59 Å². The van der Waals surface area contributed by atoms with Crippen molar-refractivity contribution >= 4 is 11.9 Å². The van der Waals surface area contributed by atoms with E-state index in [0.717, 1.165) is 6.42 Å². The first-order valence-electron chi connectivity index (χ1n) is 7.50. The third-order valence-electron chi connectivity index (χ3n) is 3.64. The van der Waals surface area contributed by atoms with E-state index in [1.54, 1.807) is 12.1 Å². The molecular weight excluding hydrogens is 289 g/mol. The van der Waals surface area contributed by atoms with Gasteiger partial charge in [0.1, 0.15) is 0 Å². The molecular formula is C16H20FNO4. The minimum Gasteiger partial charge on any atom is -0.490 e. The van der Waals surface area contributed by atoms with Crippen molar-refractivity contribution in [2.75, 3.05) is 6.61 Å². The third kappa shape index (κ3) is 4.44. The summed E-state index contributed by atoms with van der Waals surface area (Å²) in [4.78, 5) is 22.4. The number of carbonyl (C=O) groups excluding carboxylic acids is 1. The fourth-order valence-electron chi connectivity index (χ4n) is 2.55. The van der Waals surface area contributed by atoms with Gasteiger partial charge in [0.25, 0.3) is 0 Å². The lowest BCUT2D eigenvalue weighted by Crippen LogP contribution is -2.28. The van der Waals surface area contributed by atoms with Crippen molar-refractivity contribution in [2.45, 2.75) is 44.6 Å². The number of carbonyl (C=O) groups is 2. The van der Waals surface area contributed by atoms with E-state index in [1.165, 1.54) is 6.07 Å². The van der Waals surface area contributed by atoms with E-state index in [2.05, 4.69) is 5.32 Å². The van der Waals surface area contributed by atoms with Crippen LogP contribution in [0.5, 0.6) is 5.75 Å². The van der Waals surface area contributed by atoms with Gasteiger partial charge in [0.05, 0.1) is 12.6 Å². The molecule has 1 heterocycles. The molecule has 0 aliphatic carbocycles. The van der Waals surface area contributed by atoms with E-state index < -0.39 is 11.8 Å². The second-order valence-corrected chi connectivity index (χ2v) is 5.37. The lowest BCUT2D eigenvalue weighted by atomic mass is 10.0. The minimum absolute atomic E-state index is 0.0680. The van der Waals surface area contributed by atoms with Gasteiger partial charge < -0.3 is 15.2 Å². The topological polar surface area (TPSA) is 75.6 Å². The Labute approximate surface area is 128 Å². The van der Waals surface area contributed by atoms with Crippen molar-refractivity contribution in [3.8, 4) is 5.75 Å². The van der Waals surface area contributed by atoms with Crippen molar-refractivity contribution < 1.29 is 23.8 Å². The summed E-state index contributed by atoms with van der Waals surface area (Å²) >= 11 is 0. The van der Waals surface area contributed by atoms with Crippen LogP contribution in [0.1, 0.15) is 50.1 Å². The van der Waals surface area contributed by atoms with Gasteiger partial charge in [-0.1, -0.05) is 12.1 Å². The van der Waals surface area contributed by atoms with E-state index in [-0.39, 0.29) is 30.5 Å². The molecule has 120 valence electrons. The van der Waals surface area contributed by atoms with Crippen molar-refractivity contribution in [3.63, 3.8) is 0 Å². The largest absolute Gasteiger partial charge is 0.490 e. The normalized spacial score (nSPS) is 17.0. The maximum absolute atomic E-state index is 13.8. The molecule has 0 spiro atoms. The van der Waals surface area contributed by atoms with E-state index in [4.69, 9.17) is 9.84 Å². The molecule has 5 nitrogen and oxygen atoms in total. The van der Waals surface area contributed by atoms with Crippen molar-refractivity contribution in [3.05, 3.63) is 29.6 Å². The minimum atomic E-state index is -0.856. The summed E-state index contributed by atoms with van der Waals surface area (Å²) < 4.78 is 19.2. The summed E-state index contributed by atoms with van der Waals surface area (Å²) in [5.41, 5.74) is 0.663. The molecule has 1 amide bonds. The standard InChI is InChI=1S/C16H20FNO4/c17-12-6-3-5-11-13(7-4-10-22-16(11)12)18-14(19)8-1-2-9-15(20)21/h3,5-6,13H,1-2,4,7-10H2,(H,18,19)(H,20,21). The number of benzene rings is 1. The van der Waals surface area contributed by atoms with Crippen LogP contribution in [-0.2, 0) is 9.59 Å². The van der Waals surface area contributed by atoms with Crippen LogP contribution >= 0.6 is 0 Å². The number of fused-ring (bicyclic) bond motifs is 1. The van der Waals surface area contributed by atoms with Crippen LogP contribution in [0, 0.1) is 5.82 Å². The molecule has 1 aromatic carbocycles. The quantitative estimate of drug-likeness (QED) is 0.792. The van der Waals surface area contributed by atoms with Crippen molar-refractivity contribution in [1.82, 2.24) is 5.32 Å². The predicted octanol–water partition coefficient (Wildman–Crippen LogP) is 2.80. The number of carboxylic acid groups (broad SMARTS) is 1. The molecule has 2 N–H and O–H groups in total. The maximum atomic E-state index is 13.8. The van der Waals surface area contributed by atoms with E-state index in [1.807, 2.05) is 0 Å². The molecule has 0 aromatic heterocycles. The number of rotatable bonds is 6. The highest BCUT2D eigenvalue weighted by atomic mass is 19.1. The fraction of sp³-hybridized carbons (Fsp3) is 0.500. The molecule has 0 fully saturated rings. The van der Waals surface area contributed by atoms with Crippen molar-refractivity contribution in [2.24, 2.45) is 0 Å². The molecule has 0 radical (unpaired) electrons. The molecule has 0 saturated heterocycles. The smallest absolute Gasteiger partial charge is 0.303 e. The van der Waals surface area contributed by atoms with Crippen LogP contribution in [0.25, 0.3) is 0 Å². The number of hydrogen-bond acceptors (Lipinski definition) is 3. The average Bonchev–Trinajstić information content (AvgIpc) is 2.67. The Hall–Kier alpha value is -2.11. The van der Waals surface area contributed by atoms with E-state index >= 15 is 0 Å². The second-order valence-electron chi connectivity index (χ2n) is 5.37. The number of halogens is 1. The third-order valence-corrected chi connectivity index (χ3v) is 3.64. The van der Waals surface area contributed by atoms with Gasteiger partial charge in [-0.15, -0.1) is 0 Å². The number of hydrogen-bond donors (Lipinski definition) is 2. The molecule has 1 aromatic rings. The first kappa shape index (κ1) is 16.3. The first-order chi connectivity index (χ1) is 10.6. The molecule has 2 rings (SSSR count). The number of para-hydroxylation sites is 1. The Morgan fingerprint density at radius 3 is 2.86 bits per heavy atom. The lowest BCUT2D eigenvalue weighted by molar-refractivity contribution is -0.137. The highest BCUT2D eigenvalue weighted by Crippen LogP contribution is 2.33. The maximum Gasteiger partial charge on any atom is 0.303 e. The van der Waals surface area contributed by atoms with Crippen LogP contribution in [0.15, 0.2) is 18.2 Å². The average molecular weight is 309 g/mol. The van der Waals surface area contributed by atoms with Crippen LogP contribution in [-0.4, -0.2) is 23.6 Å². The lowest BCUT2D eigenvalue weighted by Gasteiger charge is -2.18. The molecule has 22 heavy (non-hydrogen) atoms. The molecule has 6 heteroatoms. The summed E-state index contributed by atoms with van der Waals surface area (Å²) in [5.74, 6) is -1.20. The van der Waals surface area contributed by atoms with Gasteiger partial charge in [0, 0.05) is 18.4 Å². The molecule has 1 aliphatic heterocycles. The van der Waals surface area contributed by atoms with Gasteiger partial charge in [-0.2, -0.15) is 0 Å². The van der Waals surface area contributed by atoms with Crippen LogP contribution < -0.4 is 10.1 Å². The fourth-order valence-corrected chi connectivity index (χ4v) is 2.55. The first-order valence-corrected chi connectivity index (χ1v) is 7.50. The number of ether oxygens (including phenoxy) is 1. The zero-order valence-electron chi connectivity index (χ0n) is 12.3. The second kappa shape index (κ2) is 7.77. The summed E-state index contributed by atoms with van der Waals surface area (Å²) in [5, 5.41) is 11.5. The zero-order chi connectivity index (χ0) is 15.9. The number of nitrogens with one attached hydrogen (secondary N) is 1. The van der Waals surface area contributed by atoms with E-state index in [0.29, 0.717) is 31.4 Å². The van der Waals surface area contributed by atoms with Crippen LogP contribution in [0.2, 0.25) is 0 Å². The summed E-state index contributed by atoms with van der Waals surface area (Å²) in [6, 6.07) is 4.45. The van der Waals surface area contributed by atoms with Gasteiger partial charge in [0.2, 0.25) is 5.91 Å². The Kier molecular flexibility index (Phi) is 5.75. The monoisotopic (exact) mass is 309 g/mol. The van der Waals surface area contributed by atoms with Crippen LogP contribution in [0.4, 0.5) is 4.39 Å². The summed E-state index contributed by atoms with van der Waals surface area (Å²) in [7, 11) is 0. The van der Waals surface area contributed by atoms with Gasteiger partial charge >= 0.3 is 5.97 Å². The van der Waals surface area contributed by atoms with Gasteiger partial charge in [-0.25, -0.2) is 4.39 Å². The Balaban J connectivity index is 1.93. The van der Waals surface area contributed by atoms with Gasteiger partial charge in [-0.05, 0) is 31.7 Å². The van der Waals surface area contributed by atoms with E-state index in [9.17, 15) is 14.0 Å². The van der Waals surface area contributed by atoms with Gasteiger partial charge in [0.15, 0.2) is 11.6 Å². The number of carboxylic acids is 1.